The Morgan fingerprint density at radius 3 is 2.83 bits per heavy atom. The number of fused-ring (bicyclic) bond motifs is 6. The minimum absolute atomic E-state index is 0.0610. The molecule has 0 radical (unpaired) electrons. The lowest BCUT2D eigenvalue weighted by Crippen LogP contribution is -2.25. The van der Waals surface area contributed by atoms with E-state index in [-0.39, 0.29) is 5.91 Å². The molecule has 11 heteroatoms. The van der Waals surface area contributed by atoms with E-state index in [1.54, 1.807) is 17.1 Å². The number of rotatable bonds is 0. The fourth-order valence-corrected chi connectivity index (χ4v) is 3.37. The lowest BCUT2D eigenvalue weighted by atomic mass is 10.2. The minimum atomic E-state index is 0.0610. The Labute approximate surface area is 165 Å². The number of carbonyl (C=O) groups excluding carboxylic acids is 1. The average Bonchev–Trinajstić information content (AvgIpc) is 3.44. The van der Waals surface area contributed by atoms with Gasteiger partial charge in [-0.1, -0.05) is 5.21 Å². The number of nitrogens with zero attached hydrogens (tertiary/aromatic N) is 9. The van der Waals surface area contributed by atoms with E-state index < -0.39 is 0 Å². The first-order valence-corrected chi connectivity index (χ1v) is 9.63. The van der Waals surface area contributed by atoms with Gasteiger partial charge in [0.1, 0.15) is 11.5 Å². The van der Waals surface area contributed by atoms with Crippen LogP contribution in [0.25, 0.3) is 16.9 Å². The fraction of sp³-hybridized carbons (Fsp3) is 0.389. The molecule has 1 aliphatic heterocycles. The zero-order valence-corrected chi connectivity index (χ0v) is 15.8. The Hall–Kier alpha value is -3.63. The predicted octanol–water partition coefficient (Wildman–Crippen LogP) is 0.494. The Bertz CT molecular complexity index is 1160. The van der Waals surface area contributed by atoms with E-state index >= 15 is 0 Å². The molecule has 0 unspecified atom stereocenters. The number of aromatic nitrogens is 9. The van der Waals surface area contributed by atoms with Crippen LogP contribution >= 0.6 is 0 Å². The standard InChI is InChI=1S/C18H20N10O/c29-17-3-1-5-26-11-13(8-21-26)7-16-20-10-15-18(23-16)28(25-24-15)14-9-22-27(12-14)6-2-4-19-17/h8-12H,1-7H2,(H,19,29). The number of hydrogen-bond acceptors (Lipinski definition) is 7. The van der Waals surface area contributed by atoms with Crippen molar-refractivity contribution in [3.05, 3.63) is 42.4 Å². The highest BCUT2D eigenvalue weighted by atomic mass is 16.1. The quantitative estimate of drug-likeness (QED) is 0.462. The van der Waals surface area contributed by atoms with Crippen LogP contribution in [0.4, 0.5) is 0 Å². The molecule has 0 saturated heterocycles. The molecule has 6 bridgehead atoms. The minimum Gasteiger partial charge on any atom is -0.356 e. The van der Waals surface area contributed by atoms with Crippen LogP contribution in [0.5, 0.6) is 0 Å². The topological polar surface area (TPSA) is 121 Å². The van der Waals surface area contributed by atoms with Crippen molar-refractivity contribution in [3.63, 3.8) is 0 Å². The summed E-state index contributed by atoms with van der Waals surface area (Å²) in [5.74, 6) is 0.733. The monoisotopic (exact) mass is 392 g/mol. The van der Waals surface area contributed by atoms with Crippen molar-refractivity contribution in [1.29, 1.82) is 0 Å². The molecule has 0 saturated carbocycles. The number of aryl methyl sites for hydroxylation is 2. The van der Waals surface area contributed by atoms with Crippen LogP contribution in [-0.4, -0.2) is 57.0 Å². The van der Waals surface area contributed by atoms with Gasteiger partial charge in [0.2, 0.25) is 5.91 Å². The first-order chi connectivity index (χ1) is 14.2. The lowest BCUT2D eigenvalue weighted by Gasteiger charge is -2.06. The summed E-state index contributed by atoms with van der Waals surface area (Å²) in [6.45, 7) is 2.01. The number of nitrogens with one attached hydrogen (secondary N) is 1. The van der Waals surface area contributed by atoms with Gasteiger partial charge >= 0.3 is 0 Å². The van der Waals surface area contributed by atoms with Crippen LogP contribution < -0.4 is 5.32 Å². The van der Waals surface area contributed by atoms with Crippen LogP contribution in [0, 0.1) is 0 Å². The molecule has 0 spiro atoms. The maximum atomic E-state index is 12.0. The highest BCUT2D eigenvalue weighted by Gasteiger charge is 2.13. The zero-order valence-electron chi connectivity index (χ0n) is 15.8. The van der Waals surface area contributed by atoms with E-state index in [4.69, 9.17) is 0 Å². The van der Waals surface area contributed by atoms with Crippen LogP contribution in [0.15, 0.2) is 31.0 Å². The van der Waals surface area contributed by atoms with E-state index in [2.05, 4.69) is 35.8 Å². The SMILES string of the molecule is O=C1CCCn2cc(cn2)Cc2ncc3nnn(c3n2)-c2cnn(c2)CCCN1. The fourth-order valence-electron chi connectivity index (χ4n) is 3.37. The molecular weight excluding hydrogens is 372 g/mol. The van der Waals surface area contributed by atoms with E-state index in [9.17, 15) is 4.79 Å². The molecule has 4 aromatic heterocycles. The van der Waals surface area contributed by atoms with Gasteiger partial charge in [-0.2, -0.15) is 14.9 Å². The molecule has 5 rings (SSSR count). The first-order valence-electron chi connectivity index (χ1n) is 9.63. The molecule has 29 heavy (non-hydrogen) atoms. The van der Waals surface area contributed by atoms with Crippen molar-refractivity contribution in [2.45, 2.75) is 38.8 Å². The zero-order chi connectivity index (χ0) is 19.6. The van der Waals surface area contributed by atoms with Crippen LogP contribution in [0.3, 0.4) is 0 Å². The number of hydrogen-bond donors (Lipinski definition) is 1. The number of amides is 1. The third-order valence-electron chi connectivity index (χ3n) is 4.83. The maximum absolute atomic E-state index is 12.0. The molecule has 4 aromatic rings. The lowest BCUT2D eigenvalue weighted by molar-refractivity contribution is -0.121. The van der Waals surface area contributed by atoms with Crippen molar-refractivity contribution in [3.8, 4) is 5.69 Å². The van der Waals surface area contributed by atoms with Gasteiger partial charge in [-0.3, -0.25) is 14.2 Å². The summed E-state index contributed by atoms with van der Waals surface area (Å²) in [5.41, 5.74) is 3.07. The molecule has 5 heterocycles. The molecule has 1 aliphatic rings. The molecule has 1 N–H and O–H groups in total. The van der Waals surface area contributed by atoms with E-state index in [1.165, 1.54) is 0 Å². The Morgan fingerprint density at radius 1 is 1.00 bits per heavy atom. The van der Waals surface area contributed by atoms with Gasteiger partial charge < -0.3 is 5.32 Å². The average molecular weight is 392 g/mol. The summed E-state index contributed by atoms with van der Waals surface area (Å²) in [7, 11) is 0. The van der Waals surface area contributed by atoms with E-state index in [0.717, 1.165) is 24.1 Å². The van der Waals surface area contributed by atoms with Gasteiger partial charge in [0.25, 0.3) is 0 Å². The molecule has 148 valence electrons. The third-order valence-corrected chi connectivity index (χ3v) is 4.83. The van der Waals surface area contributed by atoms with Crippen LogP contribution in [0.2, 0.25) is 0 Å². The maximum Gasteiger partial charge on any atom is 0.220 e. The van der Waals surface area contributed by atoms with Crippen molar-refractivity contribution >= 4 is 17.1 Å². The Morgan fingerprint density at radius 2 is 1.86 bits per heavy atom. The molecule has 0 fully saturated rings. The van der Waals surface area contributed by atoms with Crippen LogP contribution in [-0.2, 0) is 24.3 Å². The second kappa shape index (κ2) is 7.41. The van der Waals surface area contributed by atoms with Crippen molar-refractivity contribution in [1.82, 2.24) is 49.8 Å². The van der Waals surface area contributed by atoms with Crippen molar-refractivity contribution < 1.29 is 4.79 Å². The van der Waals surface area contributed by atoms with Gasteiger partial charge in [0, 0.05) is 38.7 Å². The smallest absolute Gasteiger partial charge is 0.220 e. The van der Waals surface area contributed by atoms with Gasteiger partial charge in [-0.15, -0.1) is 5.10 Å². The van der Waals surface area contributed by atoms with Gasteiger partial charge in [-0.25, -0.2) is 9.97 Å². The van der Waals surface area contributed by atoms with Crippen molar-refractivity contribution in [2.75, 3.05) is 6.54 Å². The molecule has 0 aliphatic carbocycles. The van der Waals surface area contributed by atoms with E-state index in [0.29, 0.717) is 49.5 Å². The Balaban J connectivity index is 1.49. The van der Waals surface area contributed by atoms with Gasteiger partial charge in [-0.05, 0) is 18.4 Å². The van der Waals surface area contributed by atoms with Gasteiger partial charge in [0.15, 0.2) is 11.2 Å². The molecule has 11 nitrogen and oxygen atoms in total. The summed E-state index contributed by atoms with van der Waals surface area (Å²) in [6, 6.07) is 0. The predicted molar refractivity (Wildman–Crippen MR) is 102 cm³/mol. The largest absolute Gasteiger partial charge is 0.356 e. The number of carbonyl (C=O) groups is 1. The molecule has 1 amide bonds. The summed E-state index contributed by atoms with van der Waals surface area (Å²) in [6.07, 6.45) is 11.7. The molecule has 0 atom stereocenters. The summed E-state index contributed by atoms with van der Waals surface area (Å²) < 4.78 is 5.36. The second-order valence-electron chi connectivity index (χ2n) is 7.05. The summed E-state index contributed by atoms with van der Waals surface area (Å²) >= 11 is 0. The molecular formula is C18H20N10O. The van der Waals surface area contributed by atoms with Gasteiger partial charge in [0.05, 0.1) is 24.8 Å². The third kappa shape index (κ3) is 3.71. The summed E-state index contributed by atoms with van der Waals surface area (Å²) in [4.78, 5) is 21.1. The highest BCUT2D eigenvalue weighted by molar-refractivity contribution is 5.75. The summed E-state index contributed by atoms with van der Waals surface area (Å²) in [5, 5.41) is 20.1. The second-order valence-corrected chi connectivity index (χ2v) is 7.05. The normalized spacial score (nSPS) is 15.7. The highest BCUT2D eigenvalue weighted by Crippen LogP contribution is 2.15. The van der Waals surface area contributed by atoms with E-state index in [1.807, 2.05) is 28.0 Å². The Kier molecular flexibility index (Phi) is 4.47. The van der Waals surface area contributed by atoms with Crippen LogP contribution in [0.1, 0.15) is 30.7 Å². The first kappa shape index (κ1) is 17.5. The van der Waals surface area contributed by atoms with Crippen molar-refractivity contribution in [2.24, 2.45) is 0 Å². The molecule has 0 aromatic carbocycles.